The third-order valence-electron chi connectivity index (χ3n) is 2.51. The van der Waals surface area contributed by atoms with Gasteiger partial charge in [-0.05, 0) is 12.2 Å². The first-order valence-corrected chi connectivity index (χ1v) is 5.88. The molecule has 0 aromatic heterocycles. The van der Waals surface area contributed by atoms with Crippen molar-refractivity contribution in [2.45, 2.75) is 24.6 Å². The largest absolute Gasteiger partial charge is 0.480 e. The highest BCUT2D eigenvalue weighted by Crippen LogP contribution is 2.29. The summed E-state index contributed by atoms with van der Waals surface area (Å²) in [4.78, 5) is 12.7. The Morgan fingerprint density at radius 1 is 1.79 bits per heavy atom. The number of nitrogens with zero attached hydrogens (tertiary/aromatic N) is 1. The molecule has 4 heteroatoms. The van der Waals surface area contributed by atoms with E-state index in [-0.39, 0.29) is 6.54 Å². The minimum Gasteiger partial charge on any atom is -0.480 e. The Morgan fingerprint density at radius 2 is 2.50 bits per heavy atom. The minimum absolute atomic E-state index is 0.127. The third-order valence-corrected chi connectivity index (χ3v) is 3.82. The smallest absolute Gasteiger partial charge is 0.317 e. The number of thioether (sulfide) groups is 1. The van der Waals surface area contributed by atoms with Gasteiger partial charge < -0.3 is 5.11 Å². The van der Waals surface area contributed by atoms with Crippen molar-refractivity contribution in [1.29, 1.82) is 0 Å². The van der Waals surface area contributed by atoms with Gasteiger partial charge in [-0.25, -0.2) is 0 Å². The lowest BCUT2D eigenvalue weighted by molar-refractivity contribution is -0.138. The summed E-state index contributed by atoms with van der Waals surface area (Å²) in [6, 6.07) is 0.397. The Hall–Kier alpha value is -0.480. The van der Waals surface area contributed by atoms with Gasteiger partial charge in [-0.3, -0.25) is 9.69 Å². The maximum absolute atomic E-state index is 10.7. The Morgan fingerprint density at radius 3 is 2.93 bits per heavy atom. The van der Waals surface area contributed by atoms with Gasteiger partial charge in [0.2, 0.25) is 0 Å². The zero-order valence-corrected chi connectivity index (χ0v) is 9.30. The molecule has 0 amide bonds. The van der Waals surface area contributed by atoms with Gasteiger partial charge in [0.15, 0.2) is 0 Å². The van der Waals surface area contributed by atoms with E-state index in [9.17, 15) is 4.79 Å². The van der Waals surface area contributed by atoms with Crippen molar-refractivity contribution in [2.24, 2.45) is 0 Å². The zero-order chi connectivity index (χ0) is 10.6. The molecule has 1 aliphatic heterocycles. The Balaban J connectivity index is 2.56. The fraction of sp³-hybridized carbons (Fsp3) is 0.700. The van der Waals surface area contributed by atoms with Crippen LogP contribution in [0.15, 0.2) is 12.7 Å². The lowest BCUT2D eigenvalue weighted by Crippen LogP contribution is -2.42. The highest BCUT2D eigenvalue weighted by Gasteiger charge is 2.29. The summed E-state index contributed by atoms with van der Waals surface area (Å²) in [7, 11) is 0. The minimum atomic E-state index is -0.754. The van der Waals surface area contributed by atoms with Crippen LogP contribution in [0.2, 0.25) is 0 Å². The molecule has 80 valence electrons. The molecule has 1 N–H and O–H groups in total. The predicted molar refractivity (Wildman–Crippen MR) is 59.7 cm³/mol. The number of hydrogen-bond acceptors (Lipinski definition) is 3. The van der Waals surface area contributed by atoms with E-state index in [1.54, 1.807) is 6.08 Å². The second-order valence-corrected chi connectivity index (χ2v) is 5.03. The van der Waals surface area contributed by atoms with Crippen molar-refractivity contribution in [2.75, 3.05) is 18.8 Å². The molecule has 1 fully saturated rings. The van der Waals surface area contributed by atoms with Gasteiger partial charge in [-0.2, -0.15) is 11.8 Å². The van der Waals surface area contributed by atoms with Gasteiger partial charge in [-0.15, -0.1) is 6.58 Å². The quantitative estimate of drug-likeness (QED) is 0.705. The summed E-state index contributed by atoms with van der Waals surface area (Å²) < 4.78 is 0. The first-order chi connectivity index (χ1) is 6.65. The molecule has 3 nitrogen and oxygen atoms in total. The van der Waals surface area contributed by atoms with Crippen LogP contribution < -0.4 is 0 Å². The Bertz CT molecular complexity index is 220. The van der Waals surface area contributed by atoms with Crippen LogP contribution >= 0.6 is 11.8 Å². The van der Waals surface area contributed by atoms with Crippen LogP contribution in [0.5, 0.6) is 0 Å². The average molecular weight is 215 g/mol. The lowest BCUT2D eigenvalue weighted by atomic mass is 10.1. The highest BCUT2D eigenvalue weighted by atomic mass is 32.2. The molecule has 14 heavy (non-hydrogen) atoms. The van der Waals surface area contributed by atoms with Gasteiger partial charge >= 0.3 is 5.97 Å². The zero-order valence-electron chi connectivity index (χ0n) is 8.48. The molecule has 0 spiro atoms. The summed E-state index contributed by atoms with van der Waals surface area (Å²) in [5.41, 5.74) is 0. The third kappa shape index (κ3) is 3.03. The molecular weight excluding hydrogens is 198 g/mol. The number of rotatable bonds is 5. The van der Waals surface area contributed by atoms with Gasteiger partial charge in [0.05, 0.1) is 6.54 Å². The SMILES string of the molecule is C=CCN(CC(=O)O)C1CCSC1C. The molecule has 0 radical (unpaired) electrons. The number of hydrogen-bond donors (Lipinski definition) is 1. The average Bonchev–Trinajstić information content (AvgIpc) is 2.50. The number of carboxylic acid groups (broad SMARTS) is 1. The van der Waals surface area contributed by atoms with E-state index >= 15 is 0 Å². The first-order valence-electron chi connectivity index (χ1n) is 4.83. The van der Waals surface area contributed by atoms with E-state index in [1.165, 1.54) is 0 Å². The number of carboxylic acids is 1. The normalized spacial score (nSPS) is 26.7. The van der Waals surface area contributed by atoms with Crippen molar-refractivity contribution >= 4 is 17.7 Å². The molecule has 1 rings (SSSR count). The standard InChI is InChI=1S/C10H17NO2S/c1-3-5-11(7-10(12)13)9-4-6-14-8(9)2/h3,8-9H,1,4-7H2,2H3,(H,12,13). The van der Waals surface area contributed by atoms with Crippen LogP contribution in [0.3, 0.4) is 0 Å². The van der Waals surface area contributed by atoms with Crippen LogP contribution in [-0.4, -0.2) is 46.1 Å². The van der Waals surface area contributed by atoms with Crippen molar-refractivity contribution in [3.8, 4) is 0 Å². The Kier molecular flexibility index (Phi) is 4.48. The molecule has 1 aliphatic rings. The monoisotopic (exact) mass is 215 g/mol. The maximum Gasteiger partial charge on any atom is 0.317 e. The van der Waals surface area contributed by atoms with Crippen molar-refractivity contribution in [3.05, 3.63) is 12.7 Å². The van der Waals surface area contributed by atoms with E-state index in [4.69, 9.17) is 5.11 Å². The van der Waals surface area contributed by atoms with E-state index in [0.717, 1.165) is 12.2 Å². The number of carbonyl (C=O) groups is 1. The number of aliphatic carboxylic acids is 1. The van der Waals surface area contributed by atoms with Gasteiger partial charge in [0.1, 0.15) is 0 Å². The highest BCUT2D eigenvalue weighted by molar-refractivity contribution is 8.00. The van der Waals surface area contributed by atoms with Gasteiger partial charge in [-0.1, -0.05) is 13.0 Å². The second kappa shape index (κ2) is 5.41. The van der Waals surface area contributed by atoms with Crippen LogP contribution in [0.1, 0.15) is 13.3 Å². The molecule has 0 bridgehead atoms. The lowest BCUT2D eigenvalue weighted by Gasteiger charge is -2.28. The van der Waals surface area contributed by atoms with Gasteiger partial charge in [0.25, 0.3) is 0 Å². The van der Waals surface area contributed by atoms with Crippen molar-refractivity contribution in [3.63, 3.8) is 0 Å². The van der Waals surface area contributed by atoms with E-state index in [0.29, 0.717) is 17.8 Å². The summed E-state index contributed by atoms with van der Waals surface area (Å²) in [6.45, 7) is 6.62. The first kappa shape index (κ1) is 11.6. The second-order valence-electron chi connectivity index (χ2n) is 3.54. The fourth-order valence-corrected chi connectivity index (χ4v) is 3.14. The summed E-state index contributed by atoms with van der Waals surface area (Å²) in [5.74, 6) is 0.384. The molecule has 1 saturated heterocycles. The molecule has 0 aliphatic carbocycles. The van der Waals surface area contributed by atoms with Crippen LogP contribution in [0.4, 0.5) is 0 Å². The topological polar surface area (TPSA) is 40.5 Å². The molecule has 0 aromatic rings. The van der Waals surface area contributed by atoms with Crippen LogP contribution in [0.25, 0.3) is 0 Å². The molecular formula is C10H17NO2S. The summed E-state index contributed by atoms with van der Waals surface area (Å²) in [6.07, 6.45) is 2.87. The summed E-state index contributed by atoms with van der Waals surface area (Å²) >= 11 is 1.92. The van der Waals surface area contributed by atoms with Crippen LogP contribution in [0, 0.1) is 0 Å². The van der Waals surface area contributed by atoms with E-state index in [2.05, 4.69) is 13.5 Å². The van der Waals surface area contributed by atoms with Gasteiger partial charge in [0, 0.05) is 17.8 Å². The summed E-state index contributed by atoms with van der Waals surface area (Å²) in [5, 5.41) is 9.31. The molecule has 0 aromatic carbocycles. The van der Waals surface area contributed by atoms with Crippen molar-refractivity contribution in [1.82, 2.24) is 4.90 Å². The van der Waals surface area contributed by atoms with E-state index < -0.39 is 5.97 Å². The Labute approximate surface area is 89.2 Å². The fourth-order valence-electron chi connectivity index (χ4n) is 1.86. The predicted octanol–water partition coefficient (Wildman–Crippen LogP) is 1.45. The van der Waals surface area contributed by atoms with Crippen LogP contribution in [-0.2, 0) is 4.79 Å². The van der Waals surface area contributed by atoms with E-state index in [1.807, 2.05) is 16.7 Å². The molecule has 1 heterocycles. The molecule has 0 saturated carbocycles. The maximum atomic E-state index is 10.7. The molecule has 2 unspecified atom stereocenters. The van der Waals surface area contributed by atoms with Crippen molar-refractivity contribution < 1.29 is 9.90 Å². The molecule has 2 atom stereocenters.